The van der Waals surface area contributed by atoms with Gasteiger partial charge >= 0.3 is 0 Å². The van der Waals surface area contributed by atoms with E-state index >= 15 is 0 Å². The highest BCUT2D eigenvalue weighted by Crippen LogP contribution is 2.34. The molecule has 1 unspecified atom stereocenters. The molecule has 0 aliphatic heterocycles. The summed E-state index contributed by atoms with van der Waals surface area (Å²) >= 11 is 0. The fourth-order valence-corrected chi connectivity index (χ4v) is 2.67. The summed E-state index contributed by atoms with van der Waals surface area (Å²) in [6, 6.07) is 8.98. The van der Waals surface area contributed by atoms with Gasteiger partial charge in [-0.2, -0.15) is 0 Å². The number of carbonyl (C=O) groups excluding carboxylic acids is 1. The lowest BCUT2D eigenvalue weighted by Gasteiger charge is -2.30. The number of aliphatic hydroxyl groups is 2. The molecule has 2 N–H and O–H groups in total. The topological polar surface area (TPSA) is 66.8 Å². The van der Waals surface area contributed by atoms with Gasteiger partial charge in [0.25, 0.3) is 0 Å². The molecule has 0 heterocycles. The van der Waals surface area contributed by atoms with Crippen LogP contribution in [0.2, 0.25) is 0 Å². The minimum absolute atomic E-state index is 0.111. The number of benzene rings is 1. The van der Waals surface area contributed by atoms with E-state index in [2.05, 4.69) is 0 Å². The van der Waals surface area contributed by atoms with Crippen LogP contribution in [-0.2, 0) is 4.74 Å². The Kier molecular flexibility index (Phi) is 6.12. The first-order chi connectivity index (χ1) is 11.8. The van der Waals surface area contributed by atoms with E-state index in [0.717, 1.165) is 5.57 Å². The van der Waals surface area contributed by atoms with Gasteiger partial charge in [0.1, 0.15) is 5.76 Å². The van der Waals surface area contributed by atoms with Gasteiger partial charge in [-0.1, -0.05) is 54.1 Å². The smallest absolute Gasteiger partial charge is 0.209 e. The maximum absolute atomic E-state index is 12.2. The van der Waals surface area contributed by atoms with Gasteiger partial charge in [0, 0.05) is 11.1 Å². The van der Waals surface area contributed by atoms with Gasteiger partial charge < -0.3 is 14.9 Å². The minimum atomic E-state index is -2.05. The molecule has 0 radical (unpaired) electrons. The summed E-state index contributed by atoms with van der Waals surface area (Å²) in [5, 5.41) is 20.5. The van der Waals surface area contributed by atoms with Crippen LogP contribution >= 0.6 is 0 Å². The zero-order chi connectivity index (χ0) is 18.4. The van der Waals surface area contributed by atoms with E-state index in [1.807, 2.05) is 38.1 Å². The molecule has 0 saturated heterocycles. The van der Waals surface area contributed by atoms with Crippen molar-refractivity contribution in [1.29, 1.82) is 0 Å². The molecule has 4 nitrogen and oxygen atoms in total. The predicted molar refractivity (Wildman–Crippen MR) is 97.8 cm³/mol. The van der Waals surface area contributed by atoms with Crippen LogP contribution in [0.1, 0.15) is 30.6 Å². The Hall–Kier alpha value is -2.43. The van der Waals surface area contributed by atoms with Crippen LogP contribution in [0.15, 0.2) is 77.6 Å². The lowest BCUT2D eigenvalue weighted by Crippen LogP contribution is -2.33. The molecule has 0 saturated carbocycles. The number of hydrogen-bond acceptors (Lipinski definition) is 4. The second-order valence-electron chi connectivity index (χ2n) is 6.23. The zero-order valence-corrected chi connectivity index (χ0v) is 14.8. The number of hydrogen-bond donors (Lipinski definition) is 2. The Morgan fingerprint density at radius 2 is 1.92 bits per heavy atom. The highest BCUT2D eigenvalue weighted by Gasteiger charge is 2.34. The molecule has 0 aromatic heterocycles. The quantitative estimate of drug-likeness (QED) is 0.360. The molecule has 2 rings (SSSR count). The average Bonchev–Trinajstić information content (AvgIpc) is 2.59. The van der Waals surface area contributed by atoms with Gasteiger partial charge in [-0.25, -0.2) is 0 Å². The van der Waals surface area contributed by atoms with Gasteiger partial charge in [0.15, 0.2) is 5.78 Å². The molecule has 1 atom stereocenters. The van der Waals surface area contributed by atoms with Gasteiger partial charge in [0.2, 0.25) is 5.79 Å². The first-order valence-electron chi connectivity index (χ1n) is 8.17. The largest absolute Gasteiger partial charge is 0.500 e. The Morgan fingerprint density at radius 1 is 1.24 bits per heavy atom. The molecule has 1 aromatic carbocycles. The van der Waals surface area contributed by atoms with Gasteiger partial charge in [0.05, 0.1) is 13.0 Å². The van der Waals surface area contributed by atoms with Crippen molar-refractivity contribution >= 4 is 5.78 Å². The van der Waals surface area contributed by atoms with E-state index in [9.17, 15) is 15.0 Å². The van der Waals surface area contributed by atoms with Gasteiger partial charge in [-0.05, 0) is 32.4 Å². The van der Waals surface area contributed by atoms with Crippen molar-refractivity contribution < 1.29 is 19.7 Å². The van der Waals surface area contributed by atoms with Crippen molar-refractivity contribution in [3.63, 3.8) is 0 Å². The number of ether oxygens (including phenoxy) is 1. The number of methoxy groups -OCH3 is 1. The molecule has 132 valence electrons. The molecule has 0 fully saturated rings. The van der Waals surface area contributed by atoms with Crippen molar-refractivity contribution in [2.45, 2.75) is 26.1 Å². The van der Waals surface area contributed by atoms with Crippen LogP contribution in [0.25, 0.3) is 0 Å². The molecule has 1 aromatic rings. The van der Waals surface area contributed by atoms with Crippen LogP contribution < -0.4 is 0 Å². The second-order valence-corrected chi connectivity index (χ2v) is 6.23. The van der Waals surface area contributed by atoms with Crippen LogP contribution in [0.5, 0.6) is 0 Å². The molecule has 0 amide bonds. The van der Waals surface area contributed by atoms with E-state index < -0.39 is 5.79 Å². The first kappa shape index (κ1) is 18.9. The Balaban J connectivity index is 2.29. The predicted octanol–water partition coefficient (Wildman–Crippen LogP) is 3.55. The van der Waals surface area contributed by atoms with Crippen molar-refractivity contribution in [2.75, 3.05) is 7.11 Å². The zero-order valence-electron chi connectivity index (χ0n) is 14.8. The van der Waals surface area contributed by atoms with Crippen LogP contribution in [0.3, 0.4) is 0 Å². The van der Waals surface area contributed by atoms with Gasteiger partial charge in [-0.3, -0.25) is 4.79 Å². The summed E-state index contributed by atoms with van der Waals surface area (Å²) in [7, 11) is 1.49. The summed E-state index contributed by atoms with van der Waals surface area (Å²) in [6.45, 7) is 3.89. The molecule has 0 spiro atoms. The SMILES string of the molecule is COC1=C(CC=C(C)C)C(O)(O)C=CC1/C=C/C(=O)c1ccccc1. The van der Waals surface area contributed by atoms with Crippen molar-refractivity contribution in [1.82, 2.24) is 0 Å². The fraction of sp³-hybridized carbons (Fsp3) is 0.286. The van der Waals surface area contributed by atoms with E-state index in [-0.39, 0.29) is 11.7 Å². The number of rotatable bonds is 6. The average molecular weight is 340 g/mol. The van der Waals surface area contributed by atoms with E-state index in [4.69, 9.17) is 4.74 Å². The molecule has 4 heteroatoms. The highest BCUT2D eigenvalue weighted by atomic mass is 16.5. The van der Waals surface area contributed by atoms with Gasteiger partial charge in [-0.15, -0.1) is 0 Å². The molecule has 1 aliphatic rings. The van der Waals surface area contributed by atoms with E-state index in [1.165, 1.54) is 19.3 Å². The number of allylic oxidation sites excluding steroid dienone is 4. The Bertz CT molecular complexity index is 732. The Labute approximate surface area is 148 Å². The van der Waals surface area contributed by atoms with Crippen molar-refractivity contribution in [3.8, 4) is 0 Å². The Morgan fingerprint density at radius 3 is 2.52 bits per heavy atom. The number of ketones is 1. The second kappa shape index (κ2) is 8.10. The lowest BCUT2D eigenvalue weighted by molar-refractivity contribution is -0.0915. The molecule has 0 bridgehead atoms. The maximum atomic E-state index is 12.2. The van der Waals surface area contributed by atoms with E-state index in [0.29, 0.717) is 23.3 Å². The molecular formula is C21H24O4. The van der Waals surface area contributed by atoms with Crippen LogP contribution in [-0.4, -0.2) is 28.9 Å². The molecule has 1 aliphatic carbocycles. The van der Waals surface area contributed by atoms with Crippen molar-refractivity contribution in [3.05, 3.63) is 83.2 Å². The summed E-state index contributed by atoms with van der Waals surface area (Å²) in [6.07, 6.45) is 8.42. The summed E-state index contributed by atoms with van der Waals surface area (Å²) in [5.74, 6) is -2.04. The third-order valence-electron chi connectivity index (χ3n) is 4.03. The van der Waals surface area contributed by atoms with Crippen molar-refractivity contribution in [2.24, 2.45) is 5.92 Å². The summed E-state index contributed by atoms with van der Waals surface area (Å²) < 4.78 is 5.44. The van der Waals surface area contributed by atoms with Crippen LogP contribution in [0.4, 0.5) is 0 Å². The third-order valence-corrected chi connectivity index (χ3v) is 4.03. The van der Waals surface area contributed by atoms with Crippen LogP contribution in [0, 0.1) is 5.92 Å². The minimum Gasteiger partial charge on any atom is -0.500 e. The standard InChI is InChI=1S/C21H24O4/c1-15(2)9-11-18-20(25-3)17(13-14-21(18,23)24)10-12-19(22)16-7-5-4-6-8-16/h4-10,12-14,17,23-24H,11H2,1-3H3/b12-10+. The first-order valence-corrected chi connectivity index (χ1v) is 8.17. The number of carbonyl (C=O) groups is 1. The normalized spacial score (nSPS) is 19.2. The molecular weight excluding hydrogens is 316 g/mol. The van der Waals surface area contributed by atoms with E-state index in [1.54, 1.807) is 24.3 Å². The maximum Gasteiger partial charge on any atom is 0.209 e. The monoisotopic (exact) mass is 340 g/mol. The highest BCUT2D eigenvalue weighted by molar-refractivity contribution is 6.04. The fourth-order valence-electron chi connectivity index (χ4n) is 2.67. The molecule has 25 heavy (non-hydrogen) atoms. The summed E-state index contributed by atoms with van der Waals surface area (Å²) in [4.78, 5) is 12.2. The lowest BCUT2D eigenvalue weighted by atomic mass is 9.87. The summed E-state index contributed by atoms with van der Waals surface area (Å²) in [5.41, 5.74) is 2.05. The third kappa shape index (κ3) is 4.78.